The standard InChI is InChI=1S/C62H46N2OS2/c1-3-40-41(45-22-14-23-46-43-19-8-12-28-56(43)66-61(45)46)31-30-36(2)59(63-60(40)49-25-15-24-47-44-20-9-13-29-57(44)67-62(47)49)51-34-39(35-55-58(51)48-21-7-11-27-54(48)65-55)64-52-26-10-6-18-42(52)50-32-37-16-4-5-17-38(37)33-53(50)64/h4-29,32-36,40-41,59H,3,30-31H2,1-2H3. The summed E-state index contributed by atoms with van der Waals surface area (Å²) in [6.45, 7) is 4.86. The van der Waals surface area contributed by atoms with Crippen molar-refractivity contribution in [3.8, 4) is 5.69 Å². The van der Waals surface area contributed by atoms with Crippen molar-refractivity contribution >= 4 is 123 Å². The molecule has 0 saturated heterocycles. The van der Waals surface area contributed by atoms with Crippen molar-refractivity contribution in [3.63, 3.8) is 0 Å². The lowest BCUT2D eigenvalue weighted by Crippen LogP contribution is -2.28. The summed E-state index contributed by atoms with van der Waals surface area (Å²) in [4.78, 5) is 6.33. The van der Waals surface area contributed by atoms with Crippen LogP contribution in [-0.2, 0) is 0 Å². The number of rotatable bonds is 5. The fourth-order valence-electron chi connectivity index (χ4n) is 12.0. The summed E-state index contributed by atoms with van der Waals surface area (Å²) < 4.78 is 14.8. The molecule has 0 spiro atoms. The van der Waals surface area contributed by atoms with Gasteiger partial charge < -0.3 is 8.98 Å². The maximum atomic E-state index is 6.94. The molecular formula is C62H46N2OS2. The quantitative estimate of drug-likeness (QED) is 0.169. The van der Waals surface area contributed by atoms with Crippen LogP contribution >= 0.6 is 22.7 Å². The first-order chi connectivity index (χ1) is 33.1. The van der Waals surface area contributed by atoms with Gasteiger partial charge in [-0.05, 0) is 95.5 Å². The largest absolute Gasteiger partial charge is 0.456 e. The predicted molar refractivity (Wildman–Crippen MR) is 288 cm³/mol. The highest BCUT2D eigenvalue weighted by Crippen LogP contribution is 2.50. The van der Waals surface area contributed by atoms with Gasteiger partial charge in [-0.25, -0.2) is 0 Å². The first kappa shape index (κ1) is 39.1. The van der Waals surface area contributed by atoms with Gasteiger partial charge in [-0.1, -0.05) is 147 Å². The fourth-order valence-corrected chi connectivity index (χ4v) is 14.5. The third kappa shape index (κ3) is 5.97. The molecule has 3 nitrogen and oxygen atoms in total. The fraction of sp³-hybridized carbons (Fsp3) is 0.145. The lowest BCUT2D eigenvalue weighted by molar-refractivity contribution is 0.364. The monoisotopic (exact) mass is 898 g/mol. The van der Waals surface area contributed by atoms with Crippen LogP contribution in [0.15, 0.2) is 191 Å². The van der Waals surface area contributed by atoms with Crippen LogP contribution < -0.4 is 0 Å². The Morgan fingerprint density at radius 3 is 1.97 bits per heavy atom. The van der Waals surface area contributed by atoms with Crippen molar-refractivity contribution in [3.05, 3.63) is 199 Å². The van der Waals surface area contributed by atoms with Crippen LogP contribution in [0.3, 0.4) is 0 Å². The Morgan fingerprint density at radius 2 is 1.18 bits per heavy atom. The number of benzene rings is 9. The third-order valence-corrected chi connectivity index (χ3v) is 17.6. The topological polar surface area (TPSA) is 30.4 Å². The van der Waals surface area contributed by atoms with E-state index in [-0.39, 0.29) is 17.9 Å². The van der Waals surface area contributed by atoms with E-state index in [1.807, 2.05) is 22.7 Å². The van der Waals surface area contributed by atoms with Crippen LogP contribution in [0.25, 0.3) is 101 Å². The highest BCUT2D eigenvalue weighted by molar-refractivity contribution is 7.26. The number of thiophene rings is 2. The van der Waals surface area contributed by atoms with Gasteiger partial charge in [0, 0.05) is 85.1 Å². The van der Waals surface area contributed by atoms with Gasteiger partial charge in [-0.3, -0.25) is 4.99 Å². The molecule has 1 aliphatic heterocycles. The Hall–Kier alpha value is -7.05. The Balaban J connectivity index is 1.06. The summed E-state index contributed by atoms with van der Waals surface area (Å²) in [5.41, 5.74) is 10.5. The molecule has 0 saturated carbocycles. The van der Waals surface area contributed by atoms with E-state index in [0.717, 1.165) is 41.5 Å². The smallest absolute Gasteiger partial charge is 0.137 e. The van der Waals surface area contributed by atoms with Gasteiger partial charge in [-0.2, -0.15) is 0 Å². The molecule has 0 radical (unpaired) electrons. The van der Waals surface area contributed by atoms with E-state index >= 15 is 0 Å². The summed E-state index contributed by atoms with van der Waals surface area (Å²) in [6, 6.07) is 67.5. The van der Waals surface area contributed by atoms with Gasteiger partial charge in [0.1, 0.15) is 11.2 Å². The van der Waals surface area contributed by atoms with Crippen molar-refractivity contribution in [2.45, 2.75) is 45.1 Å². The van der Waals surface area contributed by atoms with Crippen molar-refractivity contribution in [2.75, 3.05) is 0 Å². The molecule has 9 aromatic carbocycles. The number of aromatic nitrogens is 1. The molecule has 5 heterocycles. The molecule has 1 aliphatic rings. The summed E-state index contributed by atoms with van der Waals surface area (Å²) in [5.74, 6) is 0.710. The highest BCUT2D eigenvalue weighted by atomic mass is 32.1. The molecule has 0 aliphatic carbocycles. The number of para-hydroxylation sites is 2. The number of furan rings is 1. The van der Waals surface area contributed by atoms with Crippen molar-refractivity contribution < 1.29 is 4.42 Å². The van der Waals surface area contributed by atoms with Gasteiger partial charge in [0.15, 0.2) is 0 Å². The zero-order valence-electron chi connectivity index (χ0n) is 37.4. The maximum Gasteiger partial charge on any atom is 0.137 e. The Morgan fingerprint density at radius 1 is 0.537 bits per heavy atom. The van der Waals surface area contributed by atoms with Crippen LogP contribution in [0.5, 0.6) is 0 Å². The second-order valence-corrected chi connectivity index (χ2v) is 20.9. The Kier molecular flexibility index (Phi) is 8.91. The van der Waals surface area contributed by atoms with Gasteiger partial charge in [0.25, 0.3) is 0 Å². The second-order valence-electron chi connectivity index (χ2n) is 18.8. The first-order valence-electron chi connectivity index (χ1n) is 23.9. The van der Waals surface area contributed by atoms with Gasteiger partial charge >= 0.3 is 0 Å². The zero-order chi connectivity index (χ0) is 44.3. The van der Waals surface area contributed by atoms with Crippen LogP contribution in [0.4, 0.5) is 0 Å². The van der Waals surface area contributed by atoms with Crippen molar-refractivity contribution in [2.24, 2.45) is 16.8 Å². The lowest BCUT2D eigenvalue weighted by atomic mass is 9.73. The van der Waals surface area contributed by atoms with Gasteiger partial charge in [0.2, 0.25) is 0 Å². The van der Waals surface area contributed by atoms with E-state index in [9.17, 15) is 0 Å². The zero-order valence-corrected chi connectivity index (χ0v) is 39.0. The summed E-state index contributed by atoms with van der Waals surface area (Å²) in [5, 5.41) is 12.7. The van der Waals surface area contributed by atoms with Crippen LogP contribution in [-0.4, -0.2) is 10.3 Å². The molecule has 5 heteroatoms. The van der Waals surface area contributed by atoms with E-state index in [1.165, 1.54) is 101 Å². The van der Waals surface area contributed by atoms with Crippen molar-refractivity contribution in [1.82, 2.24) is 4.57 Å². The predicted octanol–water partition coefficient (Wildman–Crippen LogP) is 18.3. The van der Waals surface area contributed by atoms with Crippen LogP contribution in [0, 0.1) is 11.8 Å². The Labute approximate surface area is 396 Å². The normalized spacial score (nSPS) is 18.3. The number of hydrogen-bond acceptors (Lipinski definition) is 4. The van der Waals surface area contributed by atoms with E-state index in [0.29, 0.717) is 5.92 Å². The number of fused-ring (bicyclic) bond motifs is 13. The molecule has 4 aromatic heterocycles. The molecule has 0 amide bonds. The Bertz CT molecular complexity index is 4160. The molecule has 4 atom stereocenters. The van der Waals surface area contributed by atoms with E-state index in [4.69, 9.17) is 9.41 Å². The summed E-state index contributed by atoms with van der Waals surface area (Å²) >= 11 is 3.88. The summed E-state index contributed by atoms with van der Waals surface area (Å²) in [6.07, 6.45) is 3.09. The molecule has 0 fully saturated rings. The molecule has 0 bridgehead atoms. The van der Waals surface area contributed by atoms with E-state index in [1.54, 1.807) is 0 Å². The highest BCUT2D eigenvalue weighted by Gasteiger charge is 2.36. The minimum Gasteiger partial charge on any atom is -0.456 e. The second kappa shape index (κ2) is 15.2. The van der Waals surface area contributed by atoms with Gasteiger partial charge in [0.05, 0.1) is 22.8 Å². The molecular weight excluding hydrogens is 853 g/mol. The molecule has 4 unspecified atom stereocenters. The average Bonchev–Trinajstić information content (AvgIpc) is 4.13. The van der Waals surface area contributed by atoms with Gasteiger partial charge in [-0.15, -0.1) is 22.7 Å². The van der Waals surface area contributed by atoms with E-state index < -0.39 is 0 Å². The minimum atomic E-state index is -0.132. The number of nitrogens with zero attached hydrogens (tertiary/aromatic N) is 2. The molecule has 67 heavy (non-hydrogen) atoms. The minimum absolute atomic E-state index is 0.132. The molecule has 14 rings (SSSR count). The molecule has 322 valence electrons. The van der Waals surface area contributed by atoms with Crippen molar-refractivity contribution in [1.29, 1.82) is 0 Å². The SMILES string of the molecule is CCC1C(c2cccc3c2sc2ccccc23)=NC(c2cc(-n3c4ccccc4c4cc5ccccc5cc43)cc3oc4ccccc4c23)C(C)CCC1c1cccc2c1sc1ccccc12. The average molecular weight is 899 g/mol. The lowest BCUT2D eigenvalue weighted by Gasteiger charge is -2.35. The molecule has 0 N–H and O–H groups in total. The third-order valence-electron chi connectivity index (χ3n) is 15.2. The summed E-state index contributed by atoms with van der Waals surface area (Å²) in [7, 11) is 0. The molecule has 13 aromatic rings. The maximum absolute atomic E-state index is 6.94. The first-order valence-corrected chi connectivity index (χ1v) is 25.5. The number of hydrogen-bond donors (Lipinski definition) is 0. The van der Waals surface area contributed by atoms with Crippen LogP contribution in [0.2, 0.25) is 0 Å². The van der Waals surface area contributed by atoms with Crippen LogP contribution in [0.1, 0.15) is 61.8 Å². The number of aliphatic imine (C=N–C) groups is 1. The van der Waals surface area contributed by atoms with E-state index in [2.05, 4.69) is 200 Å².